The Kier molecular flexibility index (Phi) is 15.1. The molecule has 0 aliphatic heterocycles. The average molecular weight is 379 g/mol. The minimum atomic E-state index is -1.08. The largest absolute Gasteiger partial charge is 0.389 e. The molecule has 0 amide bonds. The highest BCUT2D eigenvalue weighted by molar-refractivity contribution is 6.51. The molecule has 0 saturated heterocycles. The van der Waals surface area contributed by atoms with E-state index in [2.05, 4.69) is 11.7 Å². The van der Waals surface area contributed by atoms with E-state index < -0.39 is 22.0 Å². The number of carbonyl (C=O) groups excluding carboxylic acids is 3. The summed E-state index contributed by atoms with van der Waals surface area (Å²) in [5, 5.41) is -1.04. The van der Waals surface area contributed by atoms with Gasteiger partial charge in [0, 0.05) is 6.42 Å². The Bertz CT molecular complexity index is 419. The van der Waals surface area contributed by atoms with Gasteiger partial charge in [0.15, 0.2) is 6.29 Å². The van der Waals surface area contributed by atoms with Gasteiger partial charge in [-0.1, -0.05) is 94.3 Å². The van der Waals surface area contributed by atoms with Crippen LogP contribution in [0, 0.1) is 0 Å². The Morgan fingerprint density at radius 3 is 1.75 bits per heavy atom. The van der Waals surface area contributed by atoms with Gasteiger partial charge < -0.3 is 4.74 Å². The van der Waals surface area contributed by atoms with Gasteiger partial charge >= 0.3 is 11.9 Å². The highest BCUT2D eigenvalue weighted by Gasteiger charge is 2.17. The number of hydrogen-bond acceptors (Lipinski definition) is 4. The average Bonchev–Trinajstić information content (AvgIpc) is 2.58. The Labute approximate surface area is 154 Å². The highest BCUT2D eigenvalue weighted by atomic mass is 35.5. The maximum atomic E-state index is 11.5. The number of esters is 2. The third-order valence-electron chi connectivity index (χ3n) is 3.68. The minimum Gasteiger partial charge on any atom is -0.389 e. The Balaban J connectivity index is 3.56. The summed E-state index contributed by atoms with van der Waals surface area (Å²) >= 11 is 10.9. The van der Waals surface area contributed by atoms with E-state index in [-0.39, 0.29) is 12.7 Å². The van der Waals surface area contributed by atoms with Crippen molar-refractivity contribution in [3.05, 3.63) is 10.1 Å². The van der Waals surface area contributed by atoms with Crippen LogP contribution in [-0.4, -0.2) is 18.2 Å². The molecular weight excluding hydrogens is 351 g/mol. The van der Waals surface area contributed by atoms with Crippen molar-refractivity contribution in [2.24, 2.45) is 0 Å². The number of aldehydes is 1. The van der Waals surface area contributed by atoms with Crippen LogP contribution in [0.3, 0.4) is 0 Å². The summed E-state index contributed by atoms with van der Waals surface area (Å²) in [6, 6.07) is 0. The maximum Gasteiger partial charge on any atom is 0.359 e. The predicted molar refractivity (Wildman–Crippen MR) is 97.0 cm³/mol. The number of rotatable bonds is 14. The molecule has 0 aliphatic rings. The lowest BCUT2D eigenvalue weighted by molar-refractivity contribution is -0.156. The fraction of sp³-hybridized carbons (Fsp3) is 0.722. The summed E-state index contributed by atoms with van der Waals surface area (Å²) in [5.74, 6) is -1.73. The van der Waals surface area contributed by atoms with Crippen molar-refractivity contribution in [1.29, 1.82) is 0 Å². The molecule has 0 spiro atoms. The second-order valence-corrected chi connectivity index (χ2v) is 6.61. The van der Waals surface area contributed by atoms with Crippen LogP contribution in [0.25, 0.3) is 0 Å². The second kappa shape index (κ2) is 15.6. The lowest BCUT2D eigenvalue weighted by Gasteiger charge is -2.03. The molecule has 0 aromatic heterocycles. The van der Waals surface area contributed by atoms with Gasteiger partial charge in [-0.15, -0.1) is 0 Å². The van der Waals surface area contributed by atoms with E-state index in [0.29, 0.717) is 6.42 Å². The third-order valence-corrected chi connectivity index (χ3v) is 4.42. The molecule has 0 rings (SSSR count). The van der Waals surface area contributed by atoms with E-state index in [1.807, 2.05) is 0 Å². The molecule has 0 aliphatic carbocycles. The van der Waals surface area contributed by atoms with Gasteiger partial charge in [-0.3, -0.25) is 9.59 Å². The van der Waals surface area contributed by atoms with Crippen LogP contribution in [0.5, 0.6) is 0 Å². The van der Waals surface area contributed by atoms with Gasteiger partial charge in [0.05, 0.1) is 0 Å². The number of ether oxygens (including phenoxy) is 1. The first-order valence-corrected chi connectivity index (χ1v) is 9.54. The van der Waals surface area contributed by atoms with Crippen molar-refractivity contribution in [3.63, 3.8) is 0 Å². The smallest absolute Gasteiger partial charge is 0.359 e. The summed E-state index contributed by atoms with van der Waals surface area (Å²) in [5.41, 5.74) is 0. The van der Waals surface area contributed by atoms with Gasteiger partial charge in [-0.05, 0) is 6.42 Å². The van der Waals surface area contributed by atoms with Crippen molar-refractivity contribution in [3.8, 4) is 0 Å². The first-order chi connectivity index (χ1) is 11.5. The zero-order valence-electron chi connectivity index (χ0n) is 14.5. The van der Waals surface area contributed by atoms with Crippen LogP contribution >= 0.6 is 23.2 Å². The summed E-state index contributed by atoms with van der Waals surface area (Å²) in [6.07, 6.45) is 13.3. The molecule has 0 heterocycles. The van der Waals surface area contributed by atoms with Crippen molar-refractivity contribution >= 4 is 41.4 Å². The van der Waals surface area contributed by atoms with Crippen LogP contribution < -0.4 is 0 Å². The summed E-state index contributed by atoms with van der Waals surface area (Å²) in [6.45, 7) is 2.22. The van der Waals surface area contributed by atoms with Crippen molar-refractivity contribution in [2.45, 2.75) is 84.0 Å². The summed E-state index contributed by atoms with van der Waals surface area (Å²) in [4.78, 5) is 33.2. The zero-order valence-corrected chi connectivity index (χ0v) is 16.0. The minimum absolute atomic E-state index is 0.158. The molecular formula is C18H28Cl2O4. The number of carbonyl (C=O) groups is 3. The molecule has 0 saturated carbocycles. The van der Waals surface area contributed by atoms with E-state index in [4.69, 9.17) is 23.2 Å². The molecule has 6 heteroatoms. The Morgan fingerprint density at radius 2 is 1.29 bits per heavy atom. The fourth-order valence-corrected chi connectivity index (χ4v) is 2.44. The number of unbranched alkanes of at least 4 members (excludes halogenated alkanes) is 10. The summed E-state index contributed by atoms with van der Waals surface area (Å²) < 4.78 is 4.52. The monoisotopic (exact) mass is 378 g/mol. The zero-order chi connectivity index (χ0) is 18.2. The number of halogens is 2. The van der Waals surface area contributed by atoms with E-state index in [1.165, 1.54) is 51.4 Å². The van der Waals surface area contributed by atoms with Crippen LogP contribution in [-0.2, 0) is 19.1 Å². The van der Waals surface area contributed by atoms with Gasteiger partial charge in [0.1, 0.15) is 10.1 Å². The molecule has 138 valence electrons. The van der Waals surface area contributed by atoms with E-state index in [1.54, 1.807) is 0 Å². The normalized spacial score (nSPS) is 11.8. The standard InChI is InChI=1S/C18H28Cl2O4/c1-2-3-4-5-6-7-8-9-10-11-12-13-16(22)24-18(23)17(20)15(19)14-21/h14H,2-13H2,1H3/b17-15-. The third kappa shape index (κ3) is 12.5. The first-order valence-electron chi connectivity index (χ1n) is 8.78. The van der Waals surface area contributed by atoms with Gasteiger partial charge in [0.25, 0.3) is 0 Å². The van der Waals surface area contributed by atoms with Crippen molar-refractivity contribution in [2.75, 3.05) is 0 Å². The molecule has 0 aromatic carbocycles. The SMILES string of the molecule is CCCCCCCCCCCCCC(=O)OC(=O)/C(Cl)=C(/Cl)C=O. The van der Waals surface area contributed by atoms with Crippen molar-refractivity contribution in [1.82, 2.24) is 0 Å². The topological polar surface area (TPSA) is 60.4 Å². The van der Waals surface area contributed by atoms with Gasteiger partial charge in [-0.25, -0.2) is 4.79 Å². The number of hydrogen-bond donors (Lipinski definition) is 0. The quantitative estimate of drug-likeness (QED) is 0.129. The van der Waals surface area contributed by atoms with E-state index >= 15 is 0 Å². The fourth-order valence-electron chi connectivity index (χ4n) is 2.28. The van der Waals surface area contributed by atoms with Crippen LogP contribution in [0.4, 0.5) is 0 Å². The molecule has 4 nitrogen and oxygen atoms in total. The highest BCUT2D eigenvalue weighted by Crippen LogP contribution is 2.15. The molecule has 0 fully saturated rings. The van der Waals surface area contributed by atoms with Crippen molar-refractivity contribution < 1.29 is 19.1 Å². The number of allylic oxidation sites excluding steroid dienone is 1. The van der Waals surface area contributed by atoms with E-state index in [9.17, 15) is 14.4 Å². The lowest BCUT2D eigenvalue weighted by Crippen LogP contribution is -2.13. The molecule has 24 heavy (non-hydrogen) atoms. The molecule has 0 radical (unpaired) electrons. The predicted octanol–water partition coefficient (Wildman–Crippen LogP) is 5.65. The van der Waals surface area contributed by atoms with Crippen LogP contribution in [0.15, 0.2) is 10.1 Å². The van der Waals surface area contributed by atoms with Crippen LogP contribution in [0.2, 0.25) is 0 Å². The first kappa shape index (κ1) is 23.1. The molecule has 0 unspecified atom stereocenters. The van der Waals surface area contributed by atoms with Crippen LogP contribution in [0.1, 0.15) is 84.0 Å². The molecule has 0 bridgehead atoms. The maximum absolute atomic E-state index is 11.5. The van der Waals surface area contributed by atoms with E-state index in [0.717, 1.165) is 12.8 Å². The second-order valence-electron chi connectivity index (χ2n) is 5.83. The van der Waals surface area contributed by atoms with Gasteiger partial charge in [-0.2, -0.15) is 0 Å². The lowest BCUT2D eigenvalue weighted by atomic mass is 10.1. The van der Waals surface area contributed by atoms with Gasteiger partial charge in [0.2, 0.25) is 0 Å². The Hall–Kier alpha value is -0.870. The molecule has 0 atom stereocenters. The molecule has 0 aromatic rings. The molecule has 0 N–H and O–H groups in total. The Morgan fingerprint density at radius 1 is 0.833 bits per heavy atom. The summed E-state index contributed by atoms with van der Waals surface area (Å²) in [7, 11) is 0.